The fourth-order valence-electron chi connectivity index (χ4n) is 3.41. The zero-order valence-electron chi connectivity index (χ0n) is 15.8. The molecular weight excluding hydrogens is 394 g/mol. The van der Waals surface area contributed by atoms with E-state index in [9.17, 15) is 14.4 Å². The normalized spacial score (nSPS) is 14.3. The highest BCUT2D eigenvalue weighted by Gasteiger charge is 2.25. The lowest BCUT2D eigenvalue weighted by Gasteiger charge is -2.16. The Bertz CT molecular complexity index is 1170. The van der Waals surface area contributed by atoms with Gasteiger partial charge in [0.1, 0.15) is 4.83 Å². The second kappa shape index (κ2) is 7.18. The van der Waals surface area contributed by atoms with Crippen molar-refractivity contribution >= 4 is 50.7 Å². The van der Waals surface area contributed by atoms with Gasteiger partial charge in [-0.3, -0.25) is 19.0 Å². The lowest BCUT2D eigenvalue weighted by atomic mass is 10.0. The molecule has 0 fully saturated rings. The first-order valence-corrected chi connectivity index (χ1v) is 10.7. The van der Waals surface area contributed by atoms with E-state index in [-0.39, 0.29) is 22.5 Å². The fourth-order valence-corrected chi connectivity index (χ4v) is 5.17. The summed E-state index contributed by atoms with van der Waals surface area (Å²) in [6, 6.07) is 7.27. The molecule has 144 valence electrons. The second-order valence-corrected chi connectivity index (χ2v) is 8.99. The lowest BCUT2D eigenvalue weighted by Crippen LogP contribution is -2.25. The van der Waals surface area contributed by atoms with Crippen LogP contribution in [0, 0.1) is 0 Å². The number of Topliss-reactive ketones (excluding diaryl/α,β-unsaturated/α-hetero) is 1. The zero-order chi connectivity index (χ0) is 20.0. The molecule has 0 spiro atoms. The standard InChI is InChI=1S/C20H19N3O3S2/c1-11(28-20-21-18-15(7-9-27-18)19(26)22(20)3)17(25)14-4-5-16-13(10-14)6-8-23(16)12(2)24/h4-5,7,9-11H,6,8H2,1-3H3. The van der Waals surface area contributed by atoms with Crippen molar-refractivity contribution < 1.29 is 9.59 Å². The number of thioether (sulfide) groups is 1. The highest BCUT2D eigenvalue weighted by Crippen LogP contribution is 2.31. The summed E-state index contributed by atoms with van der Waals surface area (Å²) in [6.07, 6.45) is 0.753. The first-order chi connectivity index (χ1) is 13.4. The molecule has 0 N–H and O–H groups in total. The number of amides is 1. The van der Waals surface area contributed by atoms with E-state index in [1.54, 1.807) is 31.0 Å². The Morgan fingerprint density at radius 2 is 2.07 bits per heavy atom. The summed E-state index contributed by atoms with van der Waals surface area (Å²) in [4.78, 5) is 44.1. The quantitative estimate of drug-likeness (QED) is 0.373. The van der Waals surface area contributed by atoms with Crippen LogP contribution < -0.4 is 10.5 Å². The first kappa shape index (κ1) is 18.9. The Hall–Kier alpha value is -2.45. The van der Waals surface area contributed by atoms with Crippen LogP contribution in [0.5, 0.6) is 0 Å². The minimum absolute atomic E-state index is 0.0118. The Balaban J connectivity index is 1.59. The molecule has 4 rings (SSSR count). The molecule has 8 heteroatoms. The third kappa shape index (κ3) is 3.16. The molecular formula is C20H19N3O3S2. The van der Waals surface area contributed by atoms with Gasteiger partial charge in [0.25, 0.3) is 5.56 Å². The number of thiophene rings is 1. The van der Waals surface area contributed by atoms with Crippen molar-refractivity contribution in [1.29, 1.82) is 0 Å². The van der Waals surface area contributed by atoms with Gasteiger partial charge in [-0.2, -0.15) is 0 Å². The van der Waals surface area contributed by atoms with Crippen molar-refractivity contribution in [2.45, 2.75) is 30.7 Å². The van der Waals surface area contributed by atoms with Gasteiger partial charge in [0, 0.05) is 31.8 Å². The number of ketones is 1. The van der Waals surface area contributed by atoms with Gasteiger partial charge >= 0.3 is 0 Å². The van der Waals surface area contributed by atoms with E-state index < -0.39 is 0 Å². The smallest absolute Gasteiger partial charge is 0.262 e. The van der Waals surface area contributed by atoms with Crippen molar-refractivity contribution in [1.82, 2.24) is 9.55 Å². The number of hydrogen-bond donors (Lipinski definition) is 0. The second-order valence-electron chi connectivity index (χ2n) is 6.79. The molecule has 1 aliphatic heterocycles. The Morgan fingerprint density at radius 3 is 2.82 bits per heavy atom. The van der Waals surface area contributed by atoms with E-state index in [1.165, 1.54) is 27.7 Å². The minimum Gasteiger partial charge on any atom is -0.312 e. The van der Waals surface area contributed by atoms with E-state index in [1.807, 2.05) is 24.4 Å². The average Bonchev–Trinajstić information content (AvgIpc) is 3.31. The van der Waals surface area contributed by atoms with E-state index in [2.05, 4.69) is 4.98 Å². The first-order valence-electron chi connectivity index (χ1n) is 8.93. The predicted molar refractivity (Wildman–Crippen MR) is 113 cm³/mol. The van der Waals surface area contributed by atoms with Crippen LogP contribution in [0.2, 0.25) is 0 Å². The Labute approximate surface area is 170 Å². The summed E-state index contributed by atoms with van der Waals surface area (Å²) in [5, 5.41) is 2.59. The Morgan fingerprint density at radius 1 is 1.29 bits per heavy atom. The SMILES string of the molecule is CC(=O)N1CCc2cc(C(=O)C(C)Sc3nc4sccc4c(=O)n3C)ccc21. The predicted octanol–water partition coefficient (Wildman–Crippen LogP) is 3.27. The van der Waals surface area contributed by atoms with E-state index in [0.29, 0.717) is 27.5 Å². The van der Waals surface area contributed by atoms with Crippen LogP contribution in [0.1, 0.15) is 29.8 Å². The lowest BCUT2D eigenvalue weighted by molar-refractivity contribution is -0.116. The number of anilines is 1. The zero-order valence-corrected chi connectivity index (χ0v) is 17.4. The number of aromatic nitrogens is 2. The van der Waals surface area contributed by atoms with Gasteiger partial charge in [-0.15, -0.1) is 11.3 Å². The number of nitrogens with zero attached hydrogens (tertiary/aromatic N) is 3. The molecule has 6 nitrogen and oxygen atoms in total. The number of carbonyl (C=O) groups excluding carboxylic acids is 2. The molecule has 3 heterocycles. The van der Waals surface area contributed by atoms with E-state index >= 15 is 0 Å². The van der Waals surface area contributed by atoms with Crippen molar-refractivity contribution in [3.05, 3.63) is 51.1 Å². The van der Waals surface area contributed by atoms with Crippen LogP contribution in [0.4, 0.5) is 5.69 Å². The van der Waals surface area contributed by atoms with Gasteiger partial charge in [0.05, 0.1) is 10.6 Å². The summed E-state index contributed by atoms with van der Waals surface area (Å²) >= 11 is 2.71. The van der Waals surface area contributed by atoms with E-state index in [0.717, 1.165) is 17.7 Å². The summed E-state index contributed by atoms with van der Waals surface area (Å²) in [5.41, 5.74) is 2.42. The van der Waals surface area contributed by atoms with Crippen molar-refractivity contribution in [2.24, 2.45) is 7.05 Å². The van der Waals surface area contributed by atoms with Crippen molar-refractivity contribution in [2.75, 3.05) is 11.4 Å². The molecule has 1 amide bonds. The van der Waals surface area contributed by atoms with Crippen LogP contribution in [-0.4, -0.2) is 33.0 Å². The van der Waals surface area contributed by atoms with Gasteiger partial charge in [0.2, 0.25) is 5.91 Å². The van der Waals surface area contributed by atoms with Gasteiger partial charge in [-0.1, -0.05) is 11.8 Å². The van der Waals surface area contributed by atoms with Crippen LogP contribution in [0.15, 0.2) is 39.6 Å². The summed E-state index contributed by atoms with van der Waals surface area (Å²) in [6.45, 7) is 4.03. The highest BCUT2D eigenvalue weighted by atomic mass is 32.2. The maximum atomic E-state index is 13.0. The molecule has 0 saturated carbocycles. The topological polar surface area (TPSA) is 72.3 Å². The molecule has 2 aromatic heterocycles. The summed E-state index contributed by atoms with van der Waals surface area (Å²) in [5.74, 6) is -0.00712. The summed E-state index contributed by atoms with van der Waals surface area (Å²) < 4.78 is 1.50. The van der Waals surface area contributed by atoms with Gasteiger partial charge < -0.3 is 4.90 Å². The molecule has 1 aliphatic rings. The molecule has 0 saturated heterocycles. The number of hydrogen-bond acceptors (Lipinski definition) is 6. The average molecular weight is 414 g/mol. The molecule has 3 aromatic rings. The van der Waals surface area contributed by atoms with Gasteiger partial charge in [0.15, 0.2) is 10.9 Å². The molecule has 0 aliphatic carbocycles. The van der Waals surface area contributed by atoms with Gasteiger partial charge in [-0.05, 0) is 48.6 Å². The third-order valence-electron chi connectivity index (χ3n) is 4.96. The monoisotopic (exact) mass is 413 g/mol. The number of carbonyl (C=O) groups is 2. The number of benzene rings is 1. The third-order valence-corrected chi connectivity index (χ3v) is 6.91. The largest absolute Gasteiger partial charge is 0.312 e. The van der Waals surface area contributed by atoms with Crippen molar-refractivity contribution in [3.8, 4) is 0 Å². The summed E-state index contributed by atoms with van der Waals surface area (Å²) in [7, 11) is 1.68. The Kier molecular flexibility index (Phi) is 4.84. The maximum Gasteiger partial charge on any atom is 0.262 e. The minimum atomic E-state index is -0.390. The van der Waals surface area contributed by atoms with Crippen LogP contribution in [0.3, 0.4) is 0 Å². The molecule has 28 heavy (non-hydrogen) atoms. The van der Waals surface area contributed by atoms with Crippen LogP contribution in [0.25, 0.3) is 10.2 Å². The van der Waals surface area contributed by atoms with Crippen LogP contribution in [-0.2, 0) is 18.3 Å². The molecule has 1 unspecified atom stereocenters. The van der Waals surface area contributed by atoms with Crippen LogP contribution >= 0.6 is 23.1 Å². The van der Waals surface area contributed by atoms with Gasteiger partial charge in [-0.25, -0.2) is 4.98 Å². The fraction of sp³-hybridized carbons (Fsp3) is 0.300. The van der Waals surface area contributed by atoms with Crippen molar-refractivity contribution in [3.63, 3.8) is 0 Å². The molecule has 1 atom stereocenters. The highest BCUT2D eigenvalue weighted by molar-refractivity contribution is 8.00. The number of rotatable bonds is 4. The maximum absolute atomic E-state index is 13.0. The van der Waals surface area contributed by atoms with E-state index in [4.69, 9.17) is 0 Å². The number of fused-ring (bicyclic) bond motifs is 2. The molecule has 0 radical (unpaired) electrons. The molecule has 1 aromatic carbocycles. The molecule has 0 bridgehead atoms.